The fraction of sp³-hybridized carbons (Fsp3) is 0.571. The van der Waals surface area contributed by atoms with Crippen LogP contribution in [0.15, 0.2) is 12.1 Å². The van der Waals surface area contributed by atoms with Gasteiger partial charge in [0.1, 0.15) is 0 Å². The molecule has 0 spiro atoms. The first kappa shape index (κ1) is 16.1. The number of halogens is 1. The van der Waals surface area contributed by atoms with Gasteiger partial charge in [0.15, 0.2) is 0 Å². The van der Waals surface area contributed by atoms with Gasteiger partial charge in [-0.1, -0.05) is 11.6 Å². The van der Waals surface area contributed by atoms with Gasteiger partial charge in [0, 0.05) is 31.4 Å². The fourth-order valence-corrected chi connectivity index (χ4v) is 3.70. The van der Waals surface area contributed by atoms with Gasteiger partial charge in [-0.15, -0.1) is 11.3 Å². The van der Waals surface area contributed by atoms with Crippen LogP contribution in [0.3, 0.4) is 0 Å². The monoisotopic (exact) mass is 330 g/mol. The van der Waals surface area contributed by atoms with E-state index < -0.39 is 5.97 Å². The van der Waals surface area contributed by atoms with Gasteiger partial charge in [0.05, 0.1) is 10.9 Å². The summed E-state index contributed by atoms with van der Waals surface area (Å²) in [6.07, 6.45) is 1.72. The maximum Gasteiger partial charge on any atom is 0.320 e. The number of hydrogen-bond acceptors (Lipinski definition) is 3. The second-order valence-electron chi connectivity index (χ2n) is 5.37. The van der Waals surface area contributed by atoms with Crippen molar-refractivity contribution in [1.82, 2.24) is 9.80 Å². The van der Waals surface area contributed by atoms with E-state index in [1.165, 1.54) is 11.3 Å². The Morgan fingerprint density at radius 3 is 2.62 bits per heavy atom. The van der Waals surface area contributed by atoms with E-state index in [1.54, 1.807) is 16.8 Å². The van der Waals surface area contributed by atoms with Crippen LogP contribution in [-0.2, 0) is 11.3 Å². The molecule has 0 unspecified atom stereocenters. The molecule has 1 N–H and O–H groups in total. The first-order valence-electron chi connectivity index (χ1n) is 6.91. The van der Waals surface area contributed by atoms with Crippen LogP contribution >= 0.6 is 22.9 Å². The van der Waals surface area contributed by atoms with E-state index in [0.29, 0.717) is 19.6 Å². The fourth-order valence-electron chi connectivity index (χ4n) is 2.55. The van der Waals surface area contributed by atoms with Crippen molar-refractivity contribution in [3.8, 4) is 0 Å². The van der Waals surface area contributed by atoms with E-state index in [-0.39, 0.29) is 18.4 Å². The molecule has 21 heavy (non-hydrogen) atoms. The zero-order valence-electron chi connectivity index (χ0n) is 11.9. The highest BCUT2D eigenvalue weighted by Gasteiger charge is 2.26. The summed E-state index contributed by atoms with van der Waals surface area (Å²) >= 11 is 7.36. The largest absolute Gasteiger partial charge is 0.481 e. The number of likely N-dealkylation sites (tertiary alicyclic amines) is 1. The van der Waals surface area contributed by atoms with Crippen molar-refractivity contribution in [2.24, 2.45) is 5.92 Å². The molecule has 7 heteroatoms. The number of amides is 2. The molecule has 0 aromatic carbocycles. The summed E-state index contributed by atoms with van der Waals surface area (Å²) in [6.45, 7) is 1.81. The van der Waals surface area contributed by atoms with E-state index in [1.807, 2.05) is 12.1 Å². The van der Waals surface area contributed by atoms with Crippen molar-refractivity contribution >= 4 is 34.9 Å². The molecule has 0 aliphatic carbocycles. The number of piperidine rings is 1. The average Bonchev–Trinajstić information content (AvgIpc) is 2.83. The standard InChI is InChI=1S/C14H19ClN2O3S/c1-16(9-11-2-3-12(15)21-11)14(20)17-6-4-10(5-7-17)8-13(18)19/h2-3,10H,4-9H2,1H3,(H,18,19). The number of carboxylic acids is 1. The summed E-state index contributed by atoms with van der Waals surface area (Å²) in [5.41, 5.74) is 0. The van der Waals surface area contributed by atoms with Crippen molar-refractivity contribution in [3.63, 3.8) is 0 Å². The smallest absolute Gasteiger partial charge is 0.320 e. The van der Waals surface area contributed by atoms with Crippen molar-refractivity contribution < 1.29 is 14.7 Å². The Kier molecular flexibility index (Phi) is 5.47. The summed E-state index contributed by atoms with van der Waals surface area (Å²) in [6, 6.07) is 3.75. The van der Waals surface area contributed by atoms with Crippen LogP contribution < -0.4 is 0 Å². The number of carbonyl (C=O) groups excluding carboxylic acids is 1. The highest BCUT2D eigenvalue weighted by Crippen LogP contribution is 2.24. The lowest BCUT2D eigenvalue weighted by molar-refractivity contribution is -0.138. The predicted molar refractivity (Wildman–Crippen MR) is 82.7 cm³/mol. The molecule has 0 saturated carbocycles. The number of hydrogen-bond donors (Lipinski definition) is 1. The summed E-state index contributed by atoms with van der Waals surface area (Å²) in [5, 5.41) is 8.80. The molecule has 0 radical (unpaired) electrons. The molecule has 116 valence electrons. The lowest BCUT2D eigenvalue weighted by Crippen LogP contribution is -2.45. The SMILES string of the molecule is CN(Cc1ccc(Cl)s1)C(=O)N1CCC(CC(=O)O)CC1. The first-order valence-corrected chi connectivity index (χ1v) is 8.11. The van der Waals surface area contributed by atoms with E-state index >= 15 is 0 Å². The molecule has 1 aliphatic rings. The van der Waals surface area contributed by atoms with Gasteiger partial charge in [-0.2, -0.15) is 0 Å². The molecule has 1 aromatic rings. The van der Waals surface area contributed by atoms with Gasteiger partial charge in [-0.3, -0.25) is 4.79 Å². The topological polar surface area (TPSA) is 60.9 Å². The van der Waals surface area contributed by atoms with E-state index in [0.717, 1.165) is 22.1 Å². The number of rotatable bonds is 4. The number of aliphatic carboxylic acids is 1. The summed E-state index contributed by atoms with van der Waals surface area (Å²) in [4.78, 5) is 27.6. The summed E-state index contributed by atoms with van der Waals surface area (Å²) in [5.74, 6) is -0.570. The van der Waals surface area contributed by atoms with Crippen molar-refractivity contribution in [1.29, 1.82) is 0 Å². The van der Waals surface area contributed by atoms with Crippen LogP contribution in [0.4, 0.5) is 4.79 Å². The van der Waals surface area contributed by atoms with Crippen molar-refractivity contribution in [2.45, 2.75) is 25.8 Å². The minimum Gasteiger partial charge on any atom is -0.481 e. The lowest BCUT2D eigenvalue weighted by atomic mass is 9.94. The Labute approximate surface area is 133 Å². The molecule has 0 atom stereocenters. The van der Waals surface area contributed by atoms with Crippen LogP contribution in [0.5, 0.6) is 0 Å². The number of carboxylic acid groups (broad SMARTS) is 1. The third kappa shape index (κ3) is 4.61. The van der Waals surface area contributed by atoms with Gasteiger partial charge in [-0.25, -0.2) is 4.79 Å². The van der Waals surface area contributed by atoms with Crippen molar-refractivity contribution in [3.05, 3.63) is 21.3 Å². The van der Waals surface area contributed by atoms with Gasteiger partial charge in [-0.05, 0) is 30.9 Å². The number of nitrogens with zero attached hydrogens (tertiary/aromatic N) is 2. The van der Waals surface area contributed by atoms with Crippen LogP contribution in [0.2, 0.25) is 4.34 Å². The Hall–Kier alpha value is -1.27. The molecule has 2 amide bonds. The minimum atomic E-state index is -0.758. The number of urea groups is 1. The second kappa shape index (κ2) is 7.13. The van der Waals surface area contributed by atoms with Gasteiger partial charge < -0.3 is 14.9 Å². The quantitative estimate of drug-likeness (QED) is 0.922. The van der Waals surface area contributed by atoms with E-state index in [9.17, 15) is 9.59 Å². The van der Waals surface area contributed by atoms with Crippen LogP contribution in [0.25, 0.3) is 0 Å². The average molecular weight is 331 g/mol. The molecule has 1 saturated heterocycles. The third-order valence-electron chi connectivity index (χ3n) is 3.70. The van der Waals surface area contributed by atoms with E-state index in [2.05, 4.69) is 0 Å². The van der Waals surface area contributed by atoms with Gasteiger partial charge >= 0.3 is 12.0 Å². The third-order valence-corrected chi connectivity index (χ3v) is 4.91. The maximum atomic E-state index is 12.3. The van der Waals surface area contributed by atoms with Gasteiger partial charge in [0.25, 0.3) is 0 Å². The number of thiophene rings is 1. The highest BCUT2D eigenvalue weighted by atomic mass is 35.5. The van der Waals surface area contributed by atoms with E-state index in [4.69, 9.17) is 16.7 Å². The Morgan fingerprint density at radius 1 is 1.43 bits per heavy atom. The molecule has 1 fully saturated rings. The predicted octanol–water partition coefficient (Wildman–Crippen LogP) is 3.14. The molecule has 1 aromatic heterocycles. The molecule has 0 bridgehead atoms. The first-order chi connectivity index (χ1) is 9.95. The summed E-state index contributed by atoms with van der Waals surface area (Å²) < 4.78 is 0.723. The Morgan fingerprint density at radius 2 is 2.10 bits per heavy atom. The Balaban J connectivity index is 1.82. The maximum absolute atomic E-state index is 12.3. The molecule has 2 heterocycles. The normalized spacial score (nSPS) is 16.0. The highest BCUT2D eigenvalue weighted by molar-refractivity contribution is 7.16. The minimum absolute atomic E-state index is 0.00621. The zero-order chi connectivity index (χ0) is 15.4. The van der Waals surface area contributed by atoms with Crippen LogP contribution in [0.1, 0.15) is 24.1 Å². The molecule has 1 aliphatic heterocycles. The Bertz CT molecular complexity index is 512. The van der Waals surface area contributed by atoms with Gasteiger partial charge in [0.2, 0.25) is 0 Å². The molecule has 2 rings (SSSR count). The van der Waals surface area contributed by atoms with Crippen LogP contribution in [-0.4, -0.2) is 47.0 Å². The number of carbonyl (C=O) groups is 2. The van der Waals surface area contributed by atoms with Crippen molar-refractivity contribution in [2.75, 3.05) is 20.1 Å². The molecular formula is C14H19ClN2O3S. The zero-order valence-corrected chi connectivity index (χ0v) is 13.5. The molecule has 5 nitrogen and oxygen atoms in total. The lowest BCUT2D eigenvalue weighted by Gasteiger charge is -2.34. The second-order valence-corrected chi connectivity index (χ2v) is 7.17. The molecular weight excluding hydrogens is 312 g/mol. The van der Waals surface area contributed by atoms with Crippen LogP contribution in [0, 0.1) is 5.92 Å². The summed E-state index contributed by atoms with van der Waals surface area (Å²) in [7, 11) is 1.78.